The Labute approximate surface area is 126 Å². The van der Waals surface area contributed by atoms with E-state index < -0.39 is 0 Å². The summed E-state index contributed by atoms with van der Waals surface area (Å²) >= 11 is 3.41. The van der Waals surface area contributed by atoms with Gasteiger partial charge in [0.05, 0.1) is 14.2 Å². The quantitative estimate of drug-likeness (QED) is 0.846. The maximum Gasteiger partial charge on any atom is 0.127 e. The molecule has 0 radical (unpaired) electrons. The van der Waals surface area contributed by atoms with E-state index in [1.54, 1.807) is 20.3 Å². The molecule has 5 heteroatoms. The highest BCUT2D eigenvalue weighted by molar-refractivity contribution is 9.10. The van der Waals surface area contributed by atoms with E-state index in [2.05, 4.69) is 15.9 Å². The van der Waals surface area contributed by atoms with E-state index in [9.17, 15) is 0 Å². The lowest BCUT2D eigenvalue weighted by Crippen LogP contribution is -1.98. The van der Waals surface area contributed by atoms with Gasteiger partial charge in [0.1, 0.15) is 23.9 Å². The van der Waals surface area contributed by atoms with Gasteiger partial charge in [-0.05, 0) is 23.8 Å². The highest BCUT2D eigenvalue weighted by Crippen LogP contribution is 2.28. The zero-order chi connectivity index (χ0) is 14.5. The second-order valence-electron chi connectivity index (χ2n) is 4.23. The molecular weight excluding hydrogens is 322 g/mol. The number of ether oxygens (including phenoxy) is 3. The Hall–Kier alpha value is -1.88. The van der Waals surface area contributed by atoms with Crippen molar-refractivity contribution in [2.24, 2.45) is 0 Å². The molecule has 0 atom stereocenters. The van der Waals surface area contributed by atoms with Crippen molar-refractivity contribution in [2.75, 3.05) is 20.0 Å². The van der Waals surface area contributed by atoms with Gasteiger partial charge in [0.15, 0.2) is 0 Å². The fourth-order valence-electron chi connectivity index (χ4n) is 1.79. The Morgan fingerprint density at radius 3 is 2.05 bits per heavy atom. The number of nitrogen functional groups attached to an aromatic ring is 1. The van der Waals surface area contributed by atoms with Crippen molar-refractivity contribution >= 4 is 21.6 Å². The highest BCUT2D eigenvalue weighted by Gasteiger charge is 2.04. The van der Waals surface area contributed by atoms with Crippen LogP contribution in [0.25, 0.3) is 0 Å². The van der Waals surface area contributed by atoms with Crippen LogP contribution in [0.3, 0.4) is 0 Å². The van der Waals surface area contributed by atoms with Crippen LogP contribution in [0, 0.1) is 0 Å². The monoisotopic (exact) mass is 337 g/mol. The molecule has 4 nitrogen and oxygen atoms in total. The van der Waals surface area contributed by atoms with Crippen molar-refractivity contribution in [1.29, 1.82) is 0 Å². The van der Waals surface area contributed by atoms with Gasteiger partial charge in [-0.3, -0.25) is 0 Å². The minimum atomic E-state index is 0.417. The van der Waals surface area contributed by atoms with E-state index >= 15 is 0 Å². The van der Waals surface area contributed by atoms with Crippen LogP contribution in [-0.4, -0.2) is 14.2 Å². The van der Waals surface area contributed by atoms with E-state index in [1.807, 2.05) is 30.3 Å². The van der Waals surface area contributed by atoms with Crippen LogP contribution in [0.2, 0.25) is 0 Å². The third-order valence-corrected chi connectivity index (χ3v) is 3.17. The molecule has 20 heavy (non-hydrogen) atoms. The Balaban J connectivity index is 2.13. The van der Waals surface area contributed by atoms with E-state index in [4.69, 9.17) is 19.9 Å². The summed E-state index contributed by atoms with van der Waals surface area (Å²) in [6, 6.07) is 11.1. The summed E-state index contributed by atoms with van der Waals surface area (Å²) in [5.74, 6) is 2.06. The third-order valence-electron chi connectivity index (χ3n) is 2.71. The van der Waals surface area contributed by atoms with Gasteiger partial charge >= 0.3 is 0 Å². The van der Waals surface area contributed by atoms with E-state index in [0.29, 0.717) is 29.5 Å². The first kappa shape index (κ1) is 14.5. The summed E-state index contributed by atoms with van der Waals surface area (Å²) in [6.45, 7) is 0.417. The van der Waals surface area contributed by atoms with Crippen LogP contribution in [0.15, 0.2) is 40.9 Å². The molecule has 2 N–H and O–H groups in total. The van der Waals surface area contributed by atoms with Crippen molar-refractivity contribution < 1.29 is 14.2 Å². The lowest BCUT2D eigenvalue weighted by molar-refractivity contribution is 0.300. The predicted molar refractivity (Wildman–Crippen MR) is 82.4 cm³/mol. The Kier molecular flexibility index (Phi) is 4.74. The minimum Gasteiger partial charge on any atom is -0.496 e. The van der Waals surface area contributed by atoms with Crippen molar-refractivity contribution in [2.45, 2.75) is 6.61 Å². The zero-order valence-corrected chi connectivity index (χ0v) is 12.9. The highest BCUT2D eigenvalue weighted by atomic mass is 79.9. The van der Waals surface area contributed by atoms with Gasteiger partial charge in [-0.2, -0.15) is 0 Å². The lowest BCUT2D eigenvalue weighted by Gasteiger charge is -2.11. The fraction of sp³-hybridized carbons (Fsp3) is 0.200. The van der Waals surface area contributed by atoms with Crippen molar-refractivity contribution in [1.82, 2.24) is 0 Å². The molecular formula is C15H16BrNO3. The molecule has 0 aromatic heterocycles. The molecule has 0 bridgehead atoms. The number of nitrogens with two attached hydrogens (primary N) is 1. The zero-order valence-electron chi connectivity index (χ0n) is 11.4. The standard InChI is InChI=1S/C15H16BrNO3/c1-18-13-6-14(19-2)8-15(7-13)20-9-10-3-11(16)5-12(17)4-10/h3-8H,9,17H2,1-2H3. The topological polar surface area (TPSA) is 53.7 Å². The molecule has 2 aromatic rings. The molecule has 0 heterocycles. The maximum absolute atomic E-state index is 5.79. The molecule has 0 amide bonds. The molecule has 0 aliphatic rings. The third kappa shape index (κ3) is 3.81. The first-order chi connectivity index (χ1) is 9.60. The number of rotatable bonds is 5. The van der Waals surface area contributed by atoms with Crippen molar-refractivity contribution in [3.8, 4) is 17.2 Å². The smallest absolute Gasteiger partial charge is 0.127 e. The summed E-state index contributed by atoms with van der Waals surface area (Å²) < 4.78 is 17.1. The van der Waals surface area contributed by atoms with Gasteiger partial charge in [-0.15, -0.1) is 0 Å². The lowest BCUT2D eigenvalue weighted by atomic mass is 10.2. The van der Waals surface area contributed by atoms with Crippen LogP contribution in [0.1, 0.15) is 5.56 Å². The van der Waals surface area contributed by atoms with Crippen LogP contribution in [0.5, 0.6) is 17.2 Å². The predicted octanol–water partition coefficient (Wildman–Crippen LogP) is 3.63. The second-order valence-corrected chi connectivity index (χ2v) is 5.15. The number of hydrogen-bond donors (Lipinski definition) is 1. The van der Waals surface area contributed by atoms with Gasteiger partial charge in [0, 0.05) is 28.4 Å². The number of benzene rings is 2. The summed E-state index contributed by atoms with van der Waals surface area (Å²) in [5, 5.41) is 0. The summed E-state index contributed by atoms with van der Waals surface area (Å²) in [6.07, 6.45) is 0. The number of hydrogen-bond acceptors (Lipinski definition) is 4. The van der Waals surface area contributed by atoms with Gasteiger partial charge in [0.25, 0.3) is 0 Å². The Bertz CT molecular complexity index is 559. The van der Waals surface area contributed by atoms with Crippen LogP contribution >= 0.6 is 15.9 Å². The molecule has 0 unspecified atom stereocenters. The van der Waals surface area contributed by atoms with Crippen molar-refractivity contribution in [3.05, 3.63) is 46.4 Å². The molecule has 0 saturated heterocycles. The van der Waals surface area contributed by atoms with E-state index in [0.717, 1.165) is 10.0 Å². The van der Waals surface area contributed by atoms with Crippen LogP contribution in [0.4, 0.5) is 5.69 Å². The second kappa shape index (κ2) is 6.52. The first-order valence-corrected chi connectivity index (χ1v) is 6.81. The molecule has 0 spiro atoms. The number of methoxy groups -OCH3 is 2. The van der Waals surface area contributed by atoms with E-state index in [1.165, 1.54) is 0 Å². The van der Waals surface area contributed by atoms with E-state index in [-0.39, 0.29) is 0 Å². The average Bonchev–Trinajstić information content (AvgIpc) is 2.43. The summed E-state index contributed by atoms with van der Waals surface area (Å²) in [7, 11) is 3.21. The average molecular weight is 338 g/mol. The molecule has 0 aliphatic carbocycles. The molecule has 2 rings (SSSR count). The summed E-state index contributed by atoms with van der Waals surface area (Å²) in [5.41, 5.74) is 7.47. The Morgan fingerprint density at radius 2 is 1.50 bits per heavy atom. The molecule has 0 aliphatic heterocycles. The van der Waals surface area contributed by atoms with Gasteiger partial charge in [-0.1, -0.05) is 15.9 Å². The van der Waals surface area contributed by atoms with Crippen molar-refractivity contribution in [3.63, 3.8) is 0 Å². The van der Waals surface area contributed by atoms with Gasteiger partial charge in [0.2, 0.25) is 0 Å². The van der Waals surface area contributed by atoms with Crippen LogP contribution < -0.4 is 19.9 Å². The summed E-state index contributed by atoms with van der Waals surface area (Å²) in [4.78, 5) is 0. The largest absolute Gasteiger partial charge is 0.496 e. The number of halogens is 1. The fourth-order valence-corrected chi connectivity index (χ4v) is 2.35. The molecule has 2 aromatic carbocycles. The number of anilines is 1. The van der Waals surface area contributed by atoms with Crippen LogP contribution in [-0.2, 0) is 6.61 Å². The minimum absolute atomic E-state index is 0.417. The SMILES string of the molecule is COc1cc(OC)cc(OCc2cc(N)cc(Br)c2)c1. The van der Waals surface area contributed by atoms with Gasteiger partial charge < -0.3 is 19.9 Å². The Morgan fingerprint density at radius 1 is 0.900 bits per heavy atom. The first-order valence-electron chi connectivity index (χ1n) is 6.01. The molecule has 0 saturated carbocycles. The molecule has 106 valence electrons. The molecule has 0 fully saturated rings. The van der Waals surface area contributed by atoms with Gasteiger partial charge in [-0.25, -0.2) is 0 Å². The normalized spacial score (nSPS) is 10.2. The maximum atomic E-state index is 5.79.